The van der Waals surface area contributed by atoms with E-state index in [0.29, 0.717) is 15.8 Å². The van der Waals surface area contributed by atoms with Gasteiger partial charge in [-0.25, -0.2) is 0 Å². The van der Waals surface area contributed by atoms with Gasteiger partial charge in [-0.2, -0.15) is 0 Å². The van der Waals surface area contributed by atoms with Gasteiger partial charge in [0.15, 0.2) is 5.11 Å². The number of carbonyl (C=O) groups excluding carboxylic acids is 1. The molecule has 1 aliphatic rings. The molecule has 4 rings (SSSR count). The Morgan fingerprint density at radius 2 is 1.75 bits per heavy atom. The number of nitrogens with one attached hydrogen (secondary N) is 2. The summed E-state index contributed by atoms with van der Waals surface area (Å²) in [5.74, 6) is 0.0763. The summed E-state index contributed by atoms with van der Waals surface area (Å²) in [6, 6.07) is 19.5. The number of ether oxygens (including phenoxy) is 1. The van der Waals surface area contributed by atoms with Gasteiger partial charge in [0.2, 0.25) is 0 Å². The summed E-state index contributed by atoms with van der Waals surface area (Å²) in [7, 11) is 1.52. The maximum absolute atomic E-state index is 12.8. The van der Waals surface area contributed by atoms with Crippen LogP contribution in [0.5, 0.6) is 5.75 Å². The van der Waals surface area contributed by atoms with E-state index in [2.05, 4.69) is 70.5 Å². The number of anilines is 2. The van der Waals surface area contributed by atoms with E-state index in [9.17, 15) is 4.79 Å². The summed E-state index contributed by atoms with van der Waals surface area (Å²) in [4.78, 5) is 17.6. The Kier molecular flexibility index (Phi) is 9.25. The van der Waals surface area contributed by atoms with E-state index in [0.717, 1.165) is 59.2 Å². The molecule has 188 valence electrons. The van der Waals surface area contributed by atoms with Gasteiger partial charge in [-0.05, 0) is 76.2 Å². The van der Waals surface area contributed by atoms with Crippen molar-refractivity contribution in [3.05, 3.63) is 85.8 Å². The quantitative estimate of drug-likeness (QED) is 0.304. The van der Waals surface area contributed by atoms with Crippen LogP contribution in [0, 0.1) is 0 Å². The van der Waals surface area contributed by atoms with E-state index in [1.165, 1.54) is 7.11 Å². The first-order chi connectivity index (χ1) is 17.3. The fraction of sp³-hybridized carbons (Fsp3) is 0.231. The highest BCUT2D eigenvalue weighted by molar-refractivity contribution is 9.11. The number of hydrogen-bond acceptors (Lipinski definition) is 5. The average Bonchev–Trinajstić information content (AvgIpc) is 2.86. The molecule has 0 aromatic heterocycles. The molecule has 10 heteroatoms. The fourth-order valence-electron chi connectivity index (χ4n) is 4.06. The molecule has 0 unspecified atom stereocenters. The summed E-state index contributed by atoms with van der Waals surface area (Å²) in [5.41, 5.74) is 3.48. The van der Waals surface area contributed by atoms with Crippen LogP contribution in [-0.4, -0.2) is 49.2 Å². The van der Waals surface area contributed by atoms with Gasteiger partial charge in [0.25, 0.3) is 5.91 Å². The molecular weight excluding hydrogens is 628 g/mol. The molecule has 3 aromatic carbocycles. The molecule has 0 bridgehead atoms. The molecule has 0 spiro atoms. The Bertz CT molecular complexity index is 1250. The summed E-state index contributed by atoms with van der Waals surface area (Å²) in [6.45, 7) is 4.68. The standard InChI is InChI=1S/C26H25Br2ClN4O2S/c1-35-24-21(14-18(27)15-22(24)28)25(34)31-26(36)30-19-6-8-20(9-7-19)33-12-10-32(11-13-33)16-17-4-2-3-5-23(17)29/h2-9,14-15H,10-13,16H2,1H3,(H2,30,31,34,36). The van der Waals surface area contributed by atoms with Gasteiger partial charge >= 0.3 is 0 Å². The summed E-state index contributed by atoms with van der Waals surface area (Å²) < 4.78 is 6.78. The third-order valence-corrected chi connectivity index (χ3v) is 7.52. The molecule has 0 aliphatic carbocycles. The number of halogens is 3. The van der Waals surface area contributed by atoms with Crippen LogP contribution in [0.4, 0.5) is 11.4 Å². The minimum Gasteiger partial charge on any atom is -0.495 e. The number of thiocarbonyl (C=S) groups is 1. The van der Waals surface area contributed by atoms with Crippen molar-refractivity contribution in [1.29, 1.82) is 0 Å². The maximum atomic E-state index is 12.8. The lowest BCUT2D eigenvalue weighted by Crippen LogP contribution is -2.46. The molecule has 3 aromatic rings. The summed E-state index contributed by atoms with van der Waals surface area (Å²) in [5, 5.41) is 6.82. The molecule has 0 saturated carbocycles. The molecule has 2 N–H and O–H groups in total. The van der Waals surface area contributed by atoms with Crippen LogP contribution in [-0.2, 0) is 6.54 Å². The van der Waals surface area contributed by atoms with Crippen LogP contribution in [0.25, 0.3) is 0 Å². The molecule has 1 aliphatic heterocycles. The number of carbonyl (C=O) groups is 1. The highest BCUT2D eigenvalue weighted by atomic mass is 79.9. The number of methoxy groups -OCH3 is 1. The number of rotatable bonds is 6. The van der Waals surface area contributed by atoms with Crippen molar-refractivity contribution < 1.29 is 9.53 Å². The fourth-order valence-corrected chi connectivity index (χ4v) is 5.85. The Morgan fingerprint density at radius 3 is 2.42 bits per heavy atom. The van der Waals surface area contributed by atoms with Crippen molar-refractivity contribution in [2.45, 2.75) is 6.54 Å². The monoisotopic (exact) mass is 650 g/mol. The van der Waals surface area contributed by atoms with Crippen molar-refractivity contribution in [3.63, 3.8) is 0 Å². The Morgan fingerprint density at radius 1 is 1.06 bits per heavy atom. The number of benzene rings is 3. The molecule has 6 nitrogen and oxygen atoms in total. The van der Waals surface area contributed by atoms with Gasteiger partial charge in [0, 0.05) is 53.6 Å². The Balaban J connectivity index is 1.30. The molecule has 1 amide bonds. The molecule has 1 heterocycles. The lowest BCUT2D eigenvalue weighted by Gasteiger charge is -2.36. The highest BCUT2D eigenvalue weighted by Gasteiger charge is 2.19. The molecule has 0 radical (unpaired) electrons. The molecule has 1 fully saturated rings. The van der Waals surface area contributed by atoms with Crippen LogP contribution in [0.15, 0.2) is 69.6 Å². The first-order valence-corrected chi connectivity index (χ1v) is 13.7. The van der Waals surface area contributed by atoms with Crippen molar-refractivity contribution in [3.8, 4) is 5.75 Å². The molecule has 0 atom stereocenters. The van der Waals surface area contributed by atoms with Gasteiger partial charge in [0.1, 0.15) is 5.75 Å². The van der Waals surface area contributed by atoms with E-state index in [1.54, 1.807) is 6.07 Å². The number of nitrogens with zero attached hydrogens (tertiary/aromatic N) is 2. The highest BCUT2D eigenvalue weighted by Crippen LogP contribution is 2.32. The largest absolute Gasteiger partial charge is 0.495 e. The van der Waals surface area contributed by atoms with Crippen molar-refractivity contribution in [2.24, 2.45) is 0 Å². The first-order valence-electron chi connectivity index (χ1n) is 11.3. The molecule has 1 saturated heterocycles. The topological polar surface area (TPSA) is 56.8 Å². The third-order valence-electron chi connectivity index (χ3n) is 5.90. The number of amides is 1. The SMILES string of the molecule is COc1c(Br)cc(Br)cc1C(=O)NC(=S)Nc1ccc(N2CCN(Cc3ccccc3Cl)CC2)cc1. The molecule has 36 heavy (non-hydrogen) atoms. The second kappa shape index (κ2) is 12.4. The van der Waals surface area contributed by atoms with Crippen LogP contribution in [0.1, 0.15) is 15.9 Å². The Labute approximate surface area is 238 Å². The van der Waals surface area contributed by atoms with Gasteiger partial charge in [-0.3, -0.25) is 15.0 Å². The lowest BCUT2D eigenvalue weighted by atomic mass is 10.2. The van der Waals surface area contributed by atoms with E-state index in [-0.39, 0.29) is 11.0 Å². The van der Waals surface area contributed by atoms with Gasteiger partial charge in [-0.15, -0.1) is 0 Å². The number of piperazine rings is 1. The third kappa shape index (κ3) is 6.77. The minimum atomic E-state index is -0.363. The summed E-state index contributed by atoms with van der Waals surface area (Å²) in [6.07, 6.45) is 0. The minimum absolute atomic E-state index is 0.207. The zero-order valence-electron chi connectivity index (χ0n) is 19.6. The average molecular weight is 653 g/mol. The van der Waals surface area contributed by atoms with Crippen LogP contribution < -0.4 is 20.3 Å². The number of hydrogen-bond donors (Lipinski definition) is 2. The van der Waals surface area contributed by atoms with E-state index < -0.39 is 0 Å². The molecular formula is C26H25Br2ClN4O2S. The second-order valence-corrected chi connectivity index (χ2v) is 10.9. The predicted octanol–water partition coefficient (Wildman–Crippen LogP) is 6.32. The van der Waals surface area contributed by atoms with Crippen LogP contribution in [0.2, 0.25) is 5.02 Å². The summed E-state index contributed by atoms with van der Waals surface area (Å²) >= 11 is 18.5. The lowest BCUT2D eigenvalue weighted by molar-refractivity contribution is 0.0974. The maximum Gasteiger partial charge on any atom is 0.261 e. The van der Waals surface area contributed by atoms with Gasteiger partial charge in [0.05, 0.1) is 17.1 Å². The van der Waals surface area contributed by atoms with Crippen molar-refractivity contribution in [1.82, 2.24) is 10.2 Å². The van der Waals surface area contributed by atoms with E-state index >= 15 is 0 Å². The predicted molar refractivity (Wildman–Crippen MR) is 157 cm³/mol. The smallest absolute Gasteiger partial charge is 0.261 e. The van der Waals surface area contributed by atoms with Crippen LogP contribution in [0.3, 0.4) is 0 Å². The van der Waals surface area contributed by atoms with E-state index in [1.807, 2.05) is 36.4 Å². The zero-order valence-corrected chi connectivity index (χ0v) is 24.3. The van der Waals surface area contributed by atoms with Crippen molar-refractivity contribution >= 4 is 78.1 Å². The van der Waals surface area contributed by atoms with Crippen molar-refractivity contribution in [2.75, 3.05) is 43.5 Å². The first kappa shape index (κ1) is 26.9. The zero-order chi connectivity index (χ0) is 25.7. The van der Waals surface area contributed by atoms with Gasteiger partial charge < -0.3 is 15.0 Å². The van der Waals surface area contributed by atoms with Gasteiger partial charge in [-0.1, -0.05) is 45.7 Å². The van der Waals surface area contributed by atoms with E-state index in [4.69, 9.17) is 28.6 Å². The second-order valence-electron chi connectivity index (χ2n) is 8.28. The normalized spacial score (nSPS) is 13.8. The van der Waals surface area contributed by atoms with Crippen LogP contribution >= 0.6 is 55.7 Å². The Hall–Kier alpha value is -2.17.